The summed E-state index contributed by atoms with van der Waals surface area (Å²) in [7, 11) is 3.94. The van der Waals surface area contributed by atoms with E-state index in [2.05, 4.69) is 0 Å². The number of nitrogen functional groups attached to an aromatic ring is 1. The molecule has 0 saturated heterocycles. The molecule has 2 N–H and O–H groups in total. The van der Waals surface area contributed by atoms with Crippen molar-refractivity contribution in [3.8, 4) is 0 Å². The maximum atomic E-state index is 12.8. The topological polar surface area (TPSA) is 49.6 Å². The molecule has 2 aromatic carbocycles. The van der Waals surface area contributed by atoms with Crippen LogP contribution in [0.2, 0.25) is 0 Å². The summed E-state index contributed by atoms with van der Waals surface area (Å²) >= 11 is 0. The van der Waals surface area contributed by atoms with Gasteiger partial charge < -0.3 is 15.5 Å². The van der Waals surface area contributed by atoms with Crippen LogP contribution in [0.3, 0.4) is 0 Å². The molecule has 1 heterocycles. The number of benzene rings is 2. The van der Waals surface area contributed by atoms with E-state index in [0.29, 0.717) is 17.8 Å². The summed E-state index contributed by atoms with van der Waals surface area (Å²) in [6.07, 6.45) is 0.884. The fourth-order valence-electron chi connectivity index (χ4n) is 2.68. The molecular formula is C17H19N3O. The first-order chi connectivity index (χ1) is 10.1. The SMILES string of the molecule is CN(C)c1cccc(C(=O)N2CCc3ccc(N)cc32)c1. The molecule has 4 heteroatoms. The van der Waals surface area contributed by atoms with Gasteiger partial charge in [-0.15, -0.1) is 0 Å². The fraction of sp³-hybridized carbons (Fsp3) is 0.235. The maximum absolute atomic E-state index is 12.8. The molecule has 1 aliphatic heterocycles. The highest BCUT2D eigenvalue weighted by Crippen LogP contribution is 2.31. The Balaban J connectivity index is 1.94. The number of nitrogens with zero attached hydrogens (tertiary/aromatic N) is 2. The molecule has 0 aromatic heterocycles. The van der Waals surface area contributed by atoms with E-state index in [0.717, 1.165) is 17.8 Å². The first-order valence-electron chi connectivity index (χ1n) is 7.04. The smallest absolute Gasteiger partial charge is 0.258 e. The van der Waals surface area contributed by atoms with Crippen LogP contribution in [0.25, 0.3) is 0 Å². The molecule has 0 fully saturated rings. The quantitative estimate of drug-likeness (QED) is 0.861. The van der Waals surface area contributed by atoms with Gasteiger partial charge in [0.1, 0.15) is 0 Å². The Morgan fingerprint density at radius 3 is 2.76 bits per heavy atom. The molecular weight excluding hydrogens is 262 g/mol. The number of fused-ring (bicyclic) bond motifs is 1. The van der Waals surface area contributed by atoms with E-state index in [4.69, 9.17) is 5.73 Å². The van der Waals surface area contributed by atoms with Gasteiger partial charge in [-0.1, -0.05) is 12.1 Å². The van der Waals surface area contributed by atoms with Crippen molar-refractivity contribution >= 4 is 23.0 Å². The fourth-order valence-corrected chi connectivity index (χ4v) is 2.68. The summed E-state index contributed by atoms with van der Waals surface area (Å²) in [6, 6.07) is 13.5. The number of carbonyl (C=O) groups is 1. The summed E-state index contributed by atoms with van der Waals surface area (Å²) in [6.45, 7) is 0.712. The molecule has 0 unspecified atom stereocenters. The van der Waals surface area contributed by atoms with Crippen molar-refractivity contribution in [3.63, 3.8) is 0 Å². The van der Waals surface area contributed by atoms with E-state index in [-0.39, 0.29) is 5.91 Å². The van der Waals surface area contributed by atoms with Gasteiger partial charge in [0.2, 0.25) is 0 Å². The van der Waals surface area contributed by atoms with Gasteiger partial charge in [0.15, 0.2) is 0 Å². The molecule has 2 aromatic rings. The van der Waals surface area contributed by atoms with Crippen molar-refractivity contribution < 1.29 is 4.79 Å². The van der Waals surface area contributed by atoms with E-state index in [9.17, 15) is 4.79 Å². The molecule has 0 radical (unpaired) electrons. The Kier molecular flexibility index (Phi) is 3.29. The minimum Gasteiger partial charge on any atom is -0.399 e. The van der Waals surface area contributed by atoms with Crippen molar-refractivity contribution in [2.75, 3.05) is 36.2 Å². The number of hydrogen-bond donors (Lipinski definition) is 1. The molecule has 0 spiro atoms. The zero-order valence-electron chi connectivity index (χ0n) is 12.3. The first-order valence-corrected chi connectivity index (χ1v) is 7.04. The third-order valence-electron chi connectivity index (χ3n) is 3.86. The lowest BCUT2D eigenvalue weighted by Crippen LogP contribution is -2.29. The Bertz CT molecular complexity index is 694. The van der Waals surface area contributed by atoms with Crippen LogP contribution in [0.5, 0.6) is 0 Å². The highest BCUT2D eigenvalue weighted by Gasteiger charge is 2.25. The van der Waals surface area contributed by atoms with Gasteiger partial charge in [0.05, 0.1) is 0 Å². The molecule has 3 rings (SSSR count). The predicted molar refractivity (Wildman–Crippen MR) is 87.0 cm³/mol. The molecule has 108 valence electrons. The molecule has 1 amide bonds. The van der Waals surface area contributed by atoms with Crippen LogP contribution < -0.4 is 15.5 Å². The Morgan fingerprint density at radius 2 is 2.00 bits per heavy atom. The van der Waals surface area contributed by atoms with E-state index < -0.39 is 0 Å². The Hall–Kier alpha value is -2.49. The Labute approximate surface area is 124 Å². The second-order valence-corrected chi connectivity index (χ2v) is 5.54. The van der Waals surface area contributed by atoms with Gasteiger partial charge in [-0.05, 0) is 42.3 Å². The van der Waals surface area contributed by atoms with Gasteiger partial charge in [0.25, 0.3) is 5.91 Å². The summed E-state index contributed by atoms with van der Waals surface area (Å²) in [5, 5.41) is 0. The number of carbonyl (C=O) groups excluding carboxylic acids is 1. The average molecular weight is 281 g/mol. The zero-order chi connectivity index (χ0) is 15.0. The van der Waals surface area contributed by atoms with Crippen LogP contribution in [0, 0.1) is 0 Å². The minimum atomic E-state index is 0.0306. The number of hydrogen-bond acceptors (Lipinski definition) is 3. The molecule has 21 heavy (non-hydrogen) atoms. The van der Waals surface area contributed by atoms with Gasteiger partial charge in [-0.3, -0.25) is 4.79 Å². The zero-order valence-corrected chi connectivity index (χ0v) is 12.3. The van der Waals surface area contributed by atoms with Crippen LogP contribution >= 0.6 is 0 Å². The van der Waals surface area contributed by atoms with Crippen molar-refractivity contribution in [1.29, 1.82) is 0 Å². The lowest BCUT2D eigenvalue weighted by Gasteiger charge is -2.19. The summed E-state index contributed by atoms with van der Waals surface area (Å²) in [5.41, 5.74) is 10.4. The van der Waals surface area contributed by atoms with E-state index >= 15 is 0 Å². The van der Waals surface area contributed by atoms with Crippen molar-refractivity contribution in [3.05, 3.63) is 53.6 Å². The summed E-state index contributed by atoms with van der Waals surface area (Å²) < 4.78 is 0. The standard InChI is InChI=1S/C17H19N3O/c1-19(2)15-5-3-4-13(10-15)17(21)20-9-8-12-6-7-14(18)11-16(12)20/h3-7,10-11H,8-9,18H2,1-2H3. The normalized spacial score (nSPS) is 13.1. The van der Waals surface area contributed by atoms with Gasteiger partial charge in [0, 0.05) is 43.3 Å². The van der Waals surface area contributed by atoms with Crippen molar-refractivity contribution in [2.45, 2.75) is 6.42 Å². The molecule has 0 saturated carbocycles. The maximum Gasteiger partial charge on any atom is 0.258 e. The average Bonchev–Trinajstić information content (AvgIpc) is 2.89. The van der Waals surface area contributed by atoms with Gasteiger partial charge in [-0.25, -0.2) is 0 Å². The molecule has 0 bridgehead atoms. The number of nitrogens with two attached hydrogens (primary N) is 1. The molecule has 0 aliphatic carbocycles. The number of rotatable bonds is 2. The number of anilines is 3. The third kappa shape index (κ3) is 2.44. The molecule has 0 atom stereocenters. The van der Waals surface area contributed by atoms with E-state index in [1.807, 2.05) is 66.4 Å². The Morgan fingerprint density at radius 1 is 1.19 bits per heavy atom. The van der Waals surface area contributed by atoms with Crippen molar-refractivity contribution in [1.82, 2.24) is 0 Å². The lowest BCUT2D eigenvalue weighted by molar-refractivity contribution is 0.0989. The summed E-state index contributed by atoms with van der Waals surface area (Å²) in [4.78, 5) is 16.6. The van der Waals surface area contributed by atoms with Crippen LogP contribution in [0.4, 0.5) is 17.1 Å². The lowest BCUT2D eigenvalue weighted by atomic mass is 10.1. The van der Waals surface area contributed by atoms with E-state index in [1.165, 1.54) is 5.56 Å². The third-order valence-corrected chi connectivity index (χ3v) is 3.86. The van der Waals surface area contributed by atoms with Crippen LogP contribution in [-0.2, 0) is 6.42 Å². The van der Waals surface area contributed by atoms with Crippen LogP contribution in [0.15, 0.2) is 42.5 Å². The highest BCUT2D eigenvalue weighted by atomic mass is 16.2. The van der Waals surface area contributed by atoms with Crippen molar-refractivity contribution in [2.24, 2.45) is 0 Å². The second-order valence-electron chi connectivity index (χ2n) is 5.54. The number of amides is 1. The minimum absolute atomic E-state index is 0.0306. The summed E-state index contributed by atoms with van der Waals surface area (Å²) in [5.74, 6) is 0.0306. The predicted octanol–water partition coefficient (Wildman–Crippen LogP) is 2.54. The largest absolute Gasteiger partial charge is 0.399 e. The second kappa shape index (κ2) is 5.13. The first kappa shape index (κ1) is 13.5. The highest BCUT2D eigenvalue weighted by molar-refractivity contribution is 6.08. The van der Waals surface area contributed by atoms with Gasteiger partial charge >= 0.3 is 0 Å². The van der Waals surface area contributed by atoms with Gasteiger partial charge in [-0.2, -0.15) is 0 Å². The van der Waals surface area contributed by atoms with E-state index in [1.54, 1.807) is 0 Å². The monoisotopic (exact) mass is 281 g/mol. The van der Waals surface area contributed by atoms with Crippen LogP contribution in [-0.4, -0.2) is 26.5 Å². The molecule has 4 nitrogen and oxygen atoms in total. The molecule has 1 aliphatic rings. The van der Waals surface area contributed by atoms with Crippen LogP contribution in [0.1, 0.15) is 15.9 Å².